The molecule has 0 aliphatic carbocycles. The summed E-state index contributed by atoms with van der Waals surface area (Å²) >= 11 is 0. The van der Waals surface area contributed by atoms with E-state index in [0.717, 1.165) is 33.6 Å². The zero-order valence-electron chi connectivity index (χ0n) is 20.1. The van der Waals surface area contributed by atoms with Gasteiger partial charge in [0.25, 0.3) is 0 Å². The van der Waals surface area contributed by atoms with Crippen molar-refractivity contribution in [3.8, 4) is 5.75 Å². The molecular formula is C27H32FN3O3. The Hall–Kier alpha value is -3.19. The van der Waals surface area contributed by atoms with Crippen molar-refractivity contribution in [3.05, 3.63) is 81.9 Å². The van der Waals surface area contributed by atoms with Crippen LogP contribution >= 0.6 is 0 Å². The smallest absolute Gasteiger partial charge is 0.223 e. The number of carbonyl (C=O) groups excluding carboxylic acids is 1. The Kier molecular flexibility index (Phi) is 7.63. The Morgan fingerprint density at radius 2 is 1.91 bits per heavy atom. The predicted octanol–water partition coefficient (Wildman–Crippen LogP) is 4.14. The molecule has 34 heavy (non-hydrogen) atoms. The lowest BCUT2D eigenvalue weighted by Gasteiger charge is -2.24. The fourth-order valence-corrected chi connectivity index (χ4v) is 4.45. The molecule has 4 rings (SSSR count). The zero-order valence-corrected chi connectivity index (χ0v) is 20.1. The number of ether oxygens (including phenoxy) is 2. The molecule has 0 N–H and O–H groups in total. The van der Waals surface area contributed by atoms with Crippen LogP contribution in [0.25, 0.3) is 0 Å². The van der Waals surface area contributed by atoms with E-state index in [1.165, 1.54) is 12.1 Å². The van der Waals surface area contributed by atoms with Gasteiger partial charge in [-0.15, -0.1) is 0 Å². The second-order valence-corrected chi connectivity index (χ2v) is 8.80. The summed E-state index contributed by atoms with van der Waals surface area (Å²) in [5, 5.41) is 4.46. The van der Waals surface area contributed by atoms with E-state index in [1.807, 2.05) is 48.7 Å². The number of amides is 1. The molecule has 2 aromatic carbocycles. The number of benzene rings is 2. The summed E-state index contributed by atoms with van der Waals surface area (Å²) < 4.78 is 27.4. The molecule has 0 fully saturated rings. The van der Waals surface area contributed by atoms with E-state index in [2.05, 4.69) is 11.2 Å². The van der Waals surface area contributed by atoms with Crippen molar-refractivity contribution in [2.45, 2.75) is 39.7 Å². The molecule has 0 radical (unpaired) electrons. The fourth-order valence-electron chi connectivity index (χ4n) is 4.45. The van der Waals surface area contributed by atoms with Gasteiger partial charge in [-0.25, -0.2) is 4.39 Å². The quantitative estimate of drug-likeness (QED) is 0.584. The first-order chi connectivity index (χ1) is 16.4. The average Bonchev–Trinajstić information content (AvgIpc) is 3.05. The Bertz CT molecular complexity index is 1160. The summed E-state index contributed by atoms with van der Waals surface area (Å²) in [6.45, 7) is 6.23. The molecule has 2 heterocycles. The van der Waals surface area contributed by atoms with Gasteiger partial charge in [0.15, 0.2) is 0 Å². The van der Waals surface area contributed by atoms with Crippen LogP contribution < -0.4 is 4.74 Å². The maximum Gasteiger partial charge on any atom is 0.223 e. The van der Waals surface area contributed by atoms with Crippen LogP contribution in [0.15, 0.2) is 42.5 Å². The lowest BCUT2D eigenvalue weighted by molar-refractivity contribution is -0.132. The Labute approximate surface area is 200 Å². The van der Waals surface area contributed by atoms with Crippen molar-refractivity contribution >= 4 is 5.91 Å². The Balaban J connectivity index is 1.52. The van der Waals surface area contributed by atoms with E-state index in [-0.39, 0.29) is 11.7 Å². The number of carbonyl (C=O) groups is 1. The number of nitrogens with zero attached hydrogens (tertiary/aromatic N) is 3. The summed E-state index contributed by atoms with van der Waals surface area (Å²) in [5.41, 5.74) is 6.09. The molecule has 1 aliphatic heterocycles. The van der Waals surface area contributed by atoms with E-state index in [4.69, 9.17) is 9.47 Å². The molecule has 7 heteroatoms. The minimum atomic E-state index is -0.285. The number of aryl methyl sites for hydroxylation is 2. The van der Waals surface area contributed by atoms with Crippen molar-refractivity contribution in [2.24, 2.45) is 7.05 Å². The molecule has 0 saturated carbocycles. The number of aromatic nitrogens is 2. The maximum absolute atomic E-state index is 13.9. The highest BCUT2D eigenvalue weighted by Crippen LogP contribution is 2.24. The van der Waals surface area contributed by atoms with Gasteiger partial charge in [-0.05, 0) is 55.2 Å². The Morgan fingerprint density at radius 1 is 1.09 bits per heavy atom. The van der Waals surface area contributed by atoms with E-state index >= 15 is 0 Å². The molecule has 6 nitrogen and oxygen atoms in total. The molecule has 1 aromatic heterocycles. The normalized spacial score (nSPS) is 14.8. The van der Waals surface area contributed by atoms with Crippen LogP contribution in [-0.4, -0.2) is 47.0 Å². The van der Waals surface area contributed by atoms with Gasteiger partial charge in [-0.2, -0.15) is 5.10 Å². The van der Waals surface area contributed by atoms with Crippen molar-refractivity contribution < 1.29 is 18.7 Å². The summed E-state index contributed by atoms with van der Waals surface area (Å²) in [6.07, 6.45) is 1.63. The lowest BCUT2D eigenvalue weighted by Crippen LogP contribution is -2.34. The van der Waals surface area contributed by atoms with Gasteiger partial charge in [0.1, 0.15) is 18.2 Å². The van der Waals surface area contributed by atoms with Crippen LogP contribution in [0.2, 0.25) is 0 Å². The van der Waals surface area contributed by atoms with E-state index in [1.54, 1.807) is 6.07 Å². The van der Waals surface area contributed by atoms with Crippen LogP contribution in [-0.2, 0) is 36.0 Å². The third kappa shape index (κ3) is 5.83. The minimum Gasteiger partial charge on any atom is -0.491 e. The summed E-state index contributed by atoms with van der Waals surface area (Å²) in [4.78, 5) is 15.1. The summed E-state index contributed by atoms with van der Waals surface area (Å²) in [6, 6.07) is 12.7. The van der Waals surface area contributed by atoms with Crippen LogP contribution in [0.4, 0.5) is 4.39 Å². The molecule has 3 aromatic rings. The number of hydrogen-bond acceptors (Lipinski definition) is 4. The molecule has 180 valence electrons. The zero-order chi connectivity index (χ0) is 24.1. The maximum atomic E-state index is 13.9. The predicted molar refractivity (Wildman–Crippen MR) is 128 cm³/mol. The second-order valence-electron chi connectivity index (χ2n) is 8.80. The highest BCUT2D eigenvalue weighted by Gasteiger charge is 2.18. The van der Waals surface area contributed by atoms with Gasteiger partial charge in [0.05, 0.1) is 18.9 Å². The molecule has 0 unspecified atom stereocenters. The van der Waals surface area contributed by atoms with Gasteiger partial charge in [-0.3, -0.25) is 9.48 Å². The van der Waals surface area contributed by atoms with Crippen molar-refractivity contribution in [2.75, 3.05) is 26.4 Å². The number of rotatable bonds is 3. The number of fused-ring (bicyclic) bond motifs is 3. The fraction of sp³-hybridized carbons (Fsp3) is 0.407. The van der Waals surface area contributed by atoms with Gasteiger partial charge in [-0.1, -0.05) is 24.3 Å². The van der Waals surface area contributed by atoms with Crippen molar-refractivity contribution in [3.63, 3.8) is 0 Å². The highest BCUT2D eigenvalue weighted by molar-refractivity contribution is 5.76. The van der Waals surface area contributed by atoms with Crippen molar-refractivity contribution in [1.82, 2.24) is 14.7 Å². The lowest BCUT2D eigenvalue weighted by atomic mass is 10.0. The third-order valence-corrected chi connectivity index (χ3v) is 6.37. The Morgan fingerprint density at radius 3 is 2.71 bits per heavy atom. The molecule has 1 aliphatic rings. The molecular weight excluding hydrogens is 433 g/mol. The second kappa shape index (κ2) is 10.8. The average molecular weight is 466 g/mol. The molecule has 0 saturated heterocycles. The molecule has 2 bridgehead atoms. The first-order valence-electron chi connectivity index (χ1n) is 11.7. The van der Waals surface area contributed by atoms with Gasteiger partial charge < -0.3 is 14.4 Å². The van der Waals surface area contributed by atoms with Crippen LogP contribution in [0.5, 0.6) is 5.75 Å². The summed E-state index contributed by atoms with van der Waals surface area (Å²) in [5.74, 6) is 0.476. The van der Waals surface area contributed by atoms with E-state index < -0.39 is 0 Å². The first kappa shape index (κ1) is 24.0. The van der Waals surface area contributed by atoms with E-state index in [9.17, 15) is 9.18 Å². The largest absolute Gasteiger partial charge is 0.491 e. The van der Waals surface area contributed by atoms with Crippen LogP contribution in [0, 0.1) is 19.7 Å². The number of hydrogen-bond donors (Lipinski definition) is 0. The third-order valence-electron chi connectivity index (χ3n) is 6.37. The summed E-state index contributed by atoms with van der Waals surface area (Å²) in [7, 11) is 1.93. The van der Waals surface area contributed by atoms with Crippen LogP contribution in [0.1, 0.15) is 40.1 Å². The molecule has 0 atom stereocenters. The van der Waals surface area contributed by atoms with Gasteiger partial charge in [0.2, 0.25) is 5.91 Å². The standard InChI is InChI=1S/C27H32FN3O3/c1-19-25(20(2)30(3)29-19)8-10-27(32)31-11-12-33-13-14-34-26-9-7-24(28)17-23(26)16-21-5-4-6-22(15-21)18-31/h4-7,9,15,17H,8,10-14,16,18H2,1-3H3. The highest BCUT2D eigenvalue weighted by atomic mass is 19.1. The topological polar surface area (TPSA) is 56.6 Å². The van der Waals surface area contributed by atoms with Gasteiger partial charge >= 0.3 is 0 Å². The molecule has 0 spiro atoms. The van der Waals surface area contributed by atoms with Crippen molar-refractivity contribution in [1.29, 1.82) is 0 Å². The monoisotopic (exact) mass is 465 g/mol. The van der Waals surface area contributed by atoms with Crippen LogP contribution in [0.3, 0.4) is 0 Å². The van der Waals surface area contributed by atoms with E-state index in [0.29, 0.717) is 57.9 Å². The number of halogens is 1. The van der Waals surface area contributed by atoms with Gasteiger partial charge in [0, 0.05) is 44.2 Å². The SMILES string of the molecule is Cc1nn(C)c(C)c1CCC(=O)N1CCOCCOc2ccc(F)cc2Cc2cccc(c2)C1. The first-order valence-corrected chi connectivity index (χ1v) is 11.7. The minimum absolute atomic E-state index is 0.0902. The molecule has 1 amide bonds.